The predicted octanol–water partition coefficient (Wildman–Crippen LogP) is 2.71. The van der Waals surface area contributed by atoms with E-state index in [-0.39, 0.29) is 23.7 Å². The van der Waals surface area contributed by atoms with Gasteiger partial charge in [0.05, 0.1) is 24.5 Å². The van der Waals surface area contributed by atoms with Gasteiger partial charge in [-0.1, -0.05) is 32.1 Å². The van der Waals surface area contributed by atoms with Crippen molar-refractivity contribution in [3.05, 3.63) is 12.4 Å². The van der Waals surface area contributed by atoms with Gasteiger partial charge in [-0.05, 0) is 25.7 Å². The minimum absolute atomic E-state index is 0.0244. The average Bonchev–Trinajstić information content (AvgIpc) is 3.12. The lowest BCUT2D eigenvalue weighted by atomic mass is 9.97. The lowest BCUT2D eigenvalue weighted by molar-refractivity contribution is -0.123. The Kier molecular flexibility index (Phi) is 8.04. The van der Waals surface area contributed by atoms with Gasteiger partial charge in [-0.15, -0.1) is 0 Å². The smallest absolute Gasteiger partial charge is 0.352 e. The van der Waals surface area contributed by atoms with Crippen molar-refractivity contribution in [3.8, 4) is 0 Å². The van der Waals surface area contributed by atoms with Crippen molar-refractivity contribution in [2.24, 2.45) is 0 Å². The topological polar surface area (TPSA) is 96.3 Å². The molecule has 1 aromatic rings. The summed E-state index contributed by atoms with van der Waals surface area (Å²) in [6, 6.07) is 0.328. The van der Waals surface area contributed by atoms with Crippen LogP contribution in [0, 0.1) is 0 Å². The van der Waals surface area contributed by atoms with Gasteiger partial charge in [-0.2, -0.15) is 13.9 Å². The number of rotatable bonds is 7. The van der Waals surface area contributed by atoms with Crippen LogP contribution in [0.3, 0.4) is 0 Å². The third-order valence-corrected chi connectivity index (χ3v) is 6.85. The van der Waals surface area contributed by atoms with E-state index in [1.807, 2.05) is 4.72 Å². The highest BCUT2D eigenvalue weighted by Crippen LogP contribution is 2.24. The molecule has 2 N–H and O–H groups in total. The number of aromatic nitrogens is 2. The van der Waals surface area contributed by atoms with E-state index < -0.39 is 15.8 Å². The number of carbonyl (C=O) groups excluding carboxylic acids is 1. The fraction of sp³-hybridized carbons (Fsp3) is 0.789. The van der Waals surface area contributed by atoms with E-state index in [1.54, 1.807) is 4.68 Å². The predicted molar refractivity (Wildman–Crippen MR) is 110 cm³/mol. The summed E-state index contributed by atoms with van der Waals surface area (Å²) in [4.78, 5) is 14.5. The molecule has 1 saturated heterocycles. The van der Waals surface area contributed by atoms with E-state index in [1.165, 1.54) is 44.5 Å². The Morgan fingerprint density at radius 2 is 1.73 bits per heavy atom. The molecule has 170 valence electrons. The molecule has 0 atom stereocenters. The van der Waals surface area contributed by atoms with Gasteiger partial charge in [0, 0.05) is 25.3 Å². The van der Waals surface area contributed by atoms with Crippen molar-refractivity contribution in [2.75, 3.05) is 24.4 Å². The quantitative estimate of drug-likeness (QED) is 0.670. The zero-order valence-corrected chi connectivity index (χ0v) is 17.9. The largest absolute Gasteiger partial charge is 0.355 e. The molecule has 11 heteroatoms. The summed E-state index contributed by atoms with van der Waals surface area (Å²) in [5, 5.41) is 7.30. The molecule has 1 amide bonds. The fourth-order valence-electron chi connectivity index (χ4n) is 4.22. The van der Waals surface area contributed by atoms with Crippen molar-refractivity contribution in [1.82, 2.24) is 20.0 Å². The molecular formula is C19H31F2N5O3S. The van der Waals surface area contributed by atoms with Crippen LogP contribution in [0.25, 0.3) is 0 Å². The van der Waals surface area contributed by atoms with Gasteiger partial charge in [-0.25, -0.2) is 8.42 Å². The number of hydrogen-bond donors (Lipinski definition) is 2. The van der Waals surface area contributed by atoms with Gasteiger partial charge in [-0.3, -0.25) is 19.1 Å². The molecule has 1 aliphatic heterocycles. The first-order valence-electron chi connectivity index (χ1n) is 10.7. The Labute approximate surface area is 176 Å². The molecule has 0 unspecified atom stereocenters. The van der Waals surface area contributed by atoms with Crippen LogP contribution in [-0.4, -0.2) is 60.4 Å². The molecule has 2 heterocycles. The van der Waals surface area contributed by atoms with Crippen molar-refractivity contribution in [2.45, 2.75) is 75.6 Å². The second-order valence-corrected chi connectivity index (χ2v) is 9.88. The summed E-state index contributed by atoms with van der Waals surface area (Å²) in [5.74, 6) is -3.42. The molecule has 8 nitrogen and oxygen atoms in total. The zero-order valence-electron chi connectivity index (χ0n) is 17.1. The summed E-state index contributed by atoms with van der Waals surface area (Å²) >= 11 is 0. The highest BCUT2D eigenvalue weighted by atomic mass is 32.2. The van der Waals surface area contributed by atoms with Gasteiger partial charge in [0.25, 0.3) is 10.0 Å². The molecule has 2 aliphatic rings. The van der Waals surface area contributed by atoms with Crippen LogP contribution in [-0.2, 0) is 14.8 Å². The van der Waals surface area contributed by atoms with E-state index in [0.29, 0.717) is 6.54 Å². The maximum absolute atomic E-state index is 12.5. The number of likely N-dealkylation sites (tertiary alicyclic amines) is 1. The van der Waals surface area contributed by atoms with Crippen LogP contribution in [0.4, 0.5) is 14.5 Å². The number of piperidine rings is 1. The third-order valence-electron chi connectivity index (χ3n) is 5.86. The summed E-state index contributed by atoms with van der Waals surface area (Å²) < 4.78 is 50.9. The Hall–Kier alpha value is -1.75. The Bertz CT molecular complexity index is 786. The van der Waals surface area contributed by atoms with E-state index >= 15 is 0 Å². The number of anilines is 1. The number of hydrogen-bond acceptors (Lipinski definition) is 5. The third kappa shape index (κ3) is 6.63. The van der Waals surface area contributed by atoms with Gasteiger partial charge in [0.2, 0.25) is 5.91 Å². The first-order chi connectivity index (χ1) is 14.3. The molecule has 2 fully saturated rings. The van der Waals surface area contributed by atoms with E-state index in [4.69, 9.17) is 0 Å². The summed E-state index contributed by atoms with van der Waals surface area (Å²) in [6.07, 6.45) is 12.4. The number of sulfonamides is 1. The standard InChI is InChI=1S/C19H31F2N5O3S/c20-19(21)30(28,29)24-16-12-22-26(13-16)17-8-10-25(11-9-17)14-18(27)23-15-6-4-2-1-3-5-7-15/h12-13,15,17,19,24H,1-11,14H2,(H,23,27). The highest BCUT2D eigenvalue weighted by molar-refractivity contribution is 7.93. The Morgan fingerprint density at radius 1 is 1.10 bits per heavy atom. The molecule has 0 bridgehead atoms. The number of nitrogens with zero attached hydrogens (tertiary/aromatic N) is 3. The maximum Gasteiger partial charge on any atom is 0.355 e. The lowest BCUT2D eigenvalue weighted by Crippen LogP contribution is -2.45. The van der Waals surface area contributed by atoms with E-state index in [9.17, 15) is 22.0 Å². The monoisotopic (exact) mass is 447 g/mol. The molecule has 1 saturated carbocycles. The van der Waals surface area contributed by atoms with Crippen LogP contribution in [0.1, 0.15) is 63.8 Å². The van der Waals surface area contributed by atoms with Gasteiger partial charge < -0.3 is 5.32 Å². The van der Waals surface area contributed by atoms with Crippen LogP contribution in [0.2, 0.25) is 0 Å². The van der Waals surface area contributed by atoms with Crippen LogP contribution >= 0.6 is 0 Å². The number of halogens is 2. The fourth-order valence-corrected chi connectivity index (χ4v) is 4.74. The first kappa shape index (κ1) is 22.9. The summed E-state index contributed by atoms with van der Waals surface area (Å²) in [5.41, 5.74) is 0.0244. The molecule has 30 heavy (non-hydrogen) atoms. The van der Waals surface area contributed by atoms with Crippen molar-refractivity contribution < 1.29 is 22.0 Å². The minimum atomic E-state index is -4.70. The highest BCUT2D eigenvalue weighted by Gasteiger charge is 2.26. The number of nitrogens with one attached hydrogen (secondary N) is 2. The molecule has 3 rings (SSSR count). The molecule has 0 spiro atoms. The van der Waals surface area contributed by atoms with Gasteiger partial charge in [0.15, 0.2) is 0 Å². The molecule has 0 radical (unpaired) electrons. The minimum Gasteiger partial charge on any atom is -0.352 e. The lowest BCUT2D eigenvalue weighted by Gasteiger charge is -2.32. The molecule has 1 aromatic heterocycles. The SMILES string of the molecule is O=C(CN1CCC(n2cc(NS(=O)(=O)C(F)F)cn2)CC1)NC1CCCCCCC1. The van der Waals surface area contributed by atoms with E-state index in [0.717, 1.165) is 38.8 Å². The van der Waals surface area contributed by atoms with Gasteiger partial charge >= 0.3 is 5.76 Å². The molecular weight excluding hydrogens is 416 g/mol. The average molecular weight is 448 g/mol. The number of carbonyl (C=O) groups is 1. The Morgan fingerprint density at radius 3 is 2.37 bits per heavy atom. The van der Waals surface area contributed by atoms with E-state index in [2.05, 4.69) is 15.3 Å². The second kappa shape index (κ2) is 10.5. The molecule has 1 aliphatic carbocycles. The number of alkyl halides is 2. The Balaban J connectivity index is 1.43. The summed E-state index contributed by atoms with van der Waals surface area (Å²) in [7, 11) is -4.70. The first-order valence-corrected chi connectivity index (χ1v) is 12.2. The van der Waals surface area contributed by atoms with Crippen LogP contribution in [0.15, 0.2) is 12.4 Å². The van der Waals surface area contributed by atoms with Crippen molar-refractivity contribution >= 4 is 21.6 Å². The van der Waals surface area contributed by atoms with Gasteiger partial charge in [0.1, 0.15) is 0 Å². The summed E-state index contributed by atoms with van der Waals surface area (Å²) in [6.45, 7) is 1.82. The zero-order chi connectivity index (χ0) is 21.6. The van der Waals surface area contributed by atoms with Crippen LogP contribution < -0.4 is 10.0 Å². The second-order valence-electron chi connectivity index (χ2n) is 8.23. The number of amides is 1. The normalized spacial score (nSPS) is 20.6. The maximum atomic E-state index is 12.5. The van der Waals surface area contributed by atoms with Crippen molar-refractivity contribution in [3.63, 3.8) is 0 Å². The van der Waals surface area contributed by atoms with Crippen molar-refractivity contribution in [1.29, 1.82) is 0 Å². The van der Waals surface area contributed by atoms with Crippen LogP contribution in [0.5, 0.6) is 0 Å². The molecule has 0 aromatic carbocycles.